The van der Waals surface area contributed by atoms with Crippen LogP contribution < -0.4 is 10.6 Å². The number of hydrogen-bond acceptors (Lipinski definition) is 4. The molecule has 4 nitrogen and oxygen atoms in total. The van der Waals surface area contributed by atoms with E-state index < -0.39 is 0 Å². The molecule has 0 unspecified atom stereocenters. The summed E-state index contributed by atoms with van der Waals surface area (Å²) in [5.41, 5.74) is 5.39. The van der Waals surface area contributed by atoms with Gasteiger partial charge in [0.1, 0.15) is 11.6 Å². The largest absolute Gasteiger partial charge is 0.363 e. The van der Waals surface area contributed by atoms with E-state index in [1.54, 1.807) is 6.20 Å². The highest BCUT2D eigenvalue weighted by Crippen LogP contribution is 2.04. The van der Waals surface area contributed by atoms with E-state index in [-0.39, 0.29) is 12.4 Å². The molecule has 0 aliphatic heterocycles. The molecule has 1 aromatic rings. The zero-order valence-electron chi connectivity index (χ0n) is 7.90. The van der Waals surface area contributed by atoms with Crippen LogP contribution in [-0.4, -0.2) is 30.6 Å². The summed E-state index contributed by atoms with van der Waals surface area (Å²) in [5.74, 6) is 1.73. The number of rotatable bonds is 3. The first-order valence-electron chi connectivity index (χ1n) is 3.93. The van der Waals surface area contributed by atoms with Gasteiger partial charge in [-0.15, -0.1) is 12.4 Å². The maximum atomic E-state index is 5.39. The third kappa shape index (κ3) is 3.57. The van der Waals surface area contributed by atoms with Crippen molar-refractivity contribution in [2.24, 2.45) is 5.73 Å². The highest BCUT2D eigenvalue weighted by molar-refractivity contribution is 5.85. The minimum atomic E-state index is 0. The van der Waals surface area contributed by atoms with Crippen molar-refractivity contribution in [3.63, 3.8) is 0 Å². The summed E-state index contributed by atoms with van der Waals surface area (Å²) in [6.45, 7) is 0.594. The third-order valence-corrected chi connectivity index (χ3v) is 1.52. The summed E-state index contributed by atoms with van der Waals surface area (Å²) in [6.07, 6.45) is 2.50. The van der Waals surface area contributed by atoms with Crippen molar-refractivity contribution in [1.29, 1.82) is 0 Å². The van der Waals surface area contributed by atoms with Gasteiger partial charge >= 0.3 is 0 Å². The number of nitrogens with two attached hydrogens (primary N) is 1. The van der Waals surface area contributed by atoms with Gasteiger partial charge in [0.15, 0.2) is 0 Å². The van der Waals surface area contributed by atoms with E-state index in [4.69, 9.17) is 5.73 Å². The Bertz CT molecular complexity index is 252. The molecule has 0 spiro atoms. The molecule has 1 heterocycles. The lowest BCUT2D eigenvalue weighted by Gasteiger charge is -2.10. The first-order valence-corrected chi connectivity index (χ1v) is 3.93. The Hall–Kier alpha value is -0.870. The van der Waals surface area contributed by atoms with Crippen LogP contribution in [0.3, 0.4) is 0 Å². The second-order valence-corrected chi connectivity index (χ2v) is 2.76. The summed E-state index contributed by atoms with van der Waals surface area (Å²) < 4.78 is 0. The first-order chi connectivity index (χ1) is 5.74. The van der Waals surface area contributed by atoms with Crippen molar-refractivity contribution in [1.82, 2.24) is 9.97 Å². The molecule has 1 rings (SSSR count). The Kier molecular flexibility index (Phi) is 5.34. The van der Waals surface area contributed by atoms with Gasteiger partial charge in [-0.25, -0.2) is 9.97 Å². The Morgan fingerprint density at radius 3 is 2.69 bits per heavy atom. The summed E-state index contributed by atoms with van der Waals surface area (Å²) in [7, 11) is 3.91. The highest BCUT2D eigenvalue weighted by Gasteiger charge is 1.98. The molecule has 0 saturated heterocycles. The van der Waals surface area contributed by atoms with Gasteiger partial charge in [0.05, 0.1) is 0 Å². The Balaban J connectivity index is 0.00000144. The molecule has 0 aromatic carbocycles. The quantitative estimate of drug-likeness (QED) is 0.774. The summed E-state index contributed by atoms with van der Waals surface area (Å²) in [6, 6.07) is 1.88. The van der Waals surface area contributed by atoms with Crippen molar-refractivity contribution in [2.45, 2.75) is 6.42 Å². The first kappa shape index (κ1) is 12.1. The van der Waals surface area contributed by atoms with Crippen molar-refractivity contribution in [3.8, 4) is 0 Å². The van der Waals surface area contributed by atoms with Gasteiger partial charge in [-0.2, -0.15) is 0 Å². The molecule has 2 N–H and O–H groups in total. The number of anilines is 1. The Morgan fingerprint density at radius 2 is 2.15 bits per heavy atom. The van der Waals surface area contributed by atoms with E-state index in [1.165, 1.54) is 0 Å². The van der Waals surface area contributed by atoms with Crippen LogP contribution in [0, 0.1) is 0 Å². The zero-order chi connectivity index (χ0) is 8.97. The van der Waals surface area contributed by atoms with Gasteiger partial charge in [-0.3, -0.25) is 0 Å². The predicted molar refractivity (Wildman–Crippen MR) is 56.4 cm³/mol. The van der Waals surface area contributed by atoms with Crippen LogP contribution in [0.25, 0.3) is 0 Å². The van der Waals surface area contributed by atoms with Crippen LogP contribution in [-0.2, 0) is 6.42 Å². The number of halogens is 1. The van der Waals surface area contributed by atoms with Gasteiger partial charge in [-0.1, -0.05) is 0 Å². The van der Waals surface area contributed by atoms with Crippen LogP contribution in [0.4, 0.5) is 5.82 Å². The van der Waals surface area contributed by atoms with E-state index in [0.29, 0.717) is 6.54 Å². The van der Waals surface area contributed by atoms with Crippen molar-refractivity contribution >= 4 is 18.2 Å². The van der Waals surface area contributed by atoms with Crippen LogP contribution in [0.15, 0.2) is 12.3 Å². The molecule has 0 aliphatic carbocycles. The standard InChI is InChI=1S/C8H14N4.ClH/c1-12(2)8-4-6-10-7(11-8)3-5-9;/h4,6H,3,5,9H2,1-2H3;1H. The van der Waals surface area contributed by atoms with E-state index in [2.05, 4.69) is 9.97 Å². The lowest BCUT2D eigenvalue weighted by Crippen LogP contribution is -2.13. The predicted octanol–water partition coefficient (Wildman–Crippen LogP) is 0.466. The zero-order valence-corrected chi connectivity index (χ0v) is 8.71. The molecule has 5 heteroatoms. The number of nitrogens with zero attached hydrogens (tertiary/aromatic N) is 3. The van der Waals surface area contributed by atoms with Gasteiger partial charge < -0.3 is 10.6 Å². The fourth-order valence-corrected chi connectivity index (χ4v) is 0.887. The molecule has 0 bridgehead atoms. The molecule has 0 amide bonds. The SMILES string of the molecule is CN(C)c1ccnc(CCN)n1.Cl. The fourth-order valence-electron chi connectivity index (χ4n) is 0.887. The maximum absolute atomic E-state index is 5.39. The summed E-state index contributed by atoms with van der Waals surface area (Å²) in [5, 5.41) is 0. The smallest absolute Gasteiger partial charge is 0.131 e. The van der Waals surface area contributed by atoms with E-state index in [0.717, 1.165) is 18.1 Å². The molecule has 0 radical (unpaired) electrons. The average Bonchev–Trinajstić information content (AvgIpc) is 2.05. The molecule has 1 aromatic heterocycles. The summed E-state index contributed by atoms with van der Waals surface area (Å²) in [4.78, 5) is 10.3. The van der Waals surface area contributed by atoms with Crippen molar-refractivity contribution in [2.75, 3.05) is 25.5 Å². The topological polar surface area (TPSA) is 55.0 Å². The number of hydrogen-bond donors (Lipinski definition) is 1. The Morgan fingerprint density at radius 1 is 1.46 bits per heavy atom. The normalized spacial score (nSPS) is 9.15. The van der Waals surface area contributed by atoms with E-state index >= 15 is 0 Å². The average molecular weight is 203 g/mol. The Labute approximate surface area is 84.6 Å². The van der Waals surface area contributed by atoms with Crippen LogP contribution in [0.5, 0.6) is 0 Å². The third-order valence-electron chi connectivity index (χ3n) is 1.52. The van der Waals surface area contributed by atoms with Gasteiger partial charge in [0.25, 0.3) is 0 Å². The number of aromatic nitrogens is 2. The molecule has 13 heavy (non-hydrogen) atoms. The molecular formula is C8H15ClN4. The van der Waals surface area contributed by atoms with Gasteiger partial charge in [0.2, 0.25) is 0 Å². The van der Waals surface area contributed by atoms with Crippen LogP contribution in [0.1, 0.15) is 5.82 Å². The highest BCUT2D eigenvalue weighted by atomic mass is 35.5. The second kappa shape index (κ2) is 5.72. The van der Waals surface area contributed by atoms with Crippen LogP contribution in [0.2, 0.25) is 0 Å². The van der Waals surface area contributed by atoms with Crippen LogP contribution >= 0.6 is 12.4 Å². The molecule has 0 fully saturated rings. The monoisotopic (exact) mass is 202 g/mol. The molecule has 0 atom stereocenters. The lowest BCUT2D eigenvalue weighted by molar-refractivity contribution is 0.858. The van der Waals surface area contributed by atoms with Crippen molar-refractivity contribution < 1.29 is 0 Å². The van der Waals surface area contributed by atoms with E-state index in [9.17, 15) is 0 Å². The van der Waals surface area contributed by atoms with Gasteiger partial charge in [0, 0.05) is 26.7 Å². The molecule has 74 valence electrons. The molecule has 0 saturated carbocycles. The summed E-state index contributed by atoms with van der Waals surface area (Å²) >= 11 is 0. The minimum Gasteiger partial charge on any atom is -0.363 e. The lowest BCUT2D eigenvalue weighted by atomic mass is 10.4. The molecule has 0 aliphatic rings. The molecular weight excluding hydrogens is 188 g/mol. The fraction of sp³-hybridized carbons (Fsp3) is 0.500. The van der Waals surface area contributed by atoms with E-state index in [1.807, 2.05) is 25.1 Å². The minimum absolute atomic E-state index is 0. The van der Waals surface area contributed by atoms with Crippen molar-refractivity contribution in [3.05, 3.63) is 18.1 Å². The maximum Gasteiger partial charge on any atom is 0.131 e. The van der Waals surface area contributed by atoms with Gasteiger partial charge in [-0.05, 0) is 12.6 Å². The second-order valence-electron chi connectivity index (χ2n) is 2.76.